The molecule has 0 unspecified atom stereocenters. The van der Waals surface area contributed by atoms with Gasteiger partial charge in [-0.05, 0) is 17.9 Å². The van der Waals surface area contributed by atoms with Crippen LogP contribution >= 0.6 is 11.3 Å². The van der Waals surface area contributed by atoms with Crippen molar-refractivity contribution in [2.24, 2.45) is 0 Å². The Morgan fingerprint density at radius 3 is 3.12 bits per heavy atom. The van der Waals surface area contributed by atoms with Gasteiger partial charge in [-0.3, -0.25) is 0 Å². The Bertz CT molecular complexity index is 130. The summed E-state index contributed by atoms with van der Waals surface area (Å²) in [5, 5.41) is 2.10. The van der Waals surface area contributed by atoms with E-state index in [1.54, 1.807) is 11.3 Å². The van der Waals surface area contributed by atoms with Gasteiger partial charge in [-0.1, -0.05) is 13.0 Å². The molecular weight excluding hydrogens is 116 g/mol. The maximum absolute atomic E-state index is 2.23. The van der Waals surface area contributed by atoms with Crippen molar-refractivity contribution in [2.45, 2.75) is 13.3 Å². The standard InChI is InChI=1S/C7H9S/c1-2-4-7-5-3-6-8-7/h3-6H,2H2,1H3. The molecule has 0 aliphatic carbocycles. The fourth-order valence-electron chi connectivity index (χ4n) is 0.609. The van der Waals surface area contributed by atoms with Crippen LogP contribution in [0.3, 0.4) is 0 Å². The van der Waals surface area contributed by atoms with Crippen molar-refractivity contribution in [3.63, 3.8) is 0 Å². The van der Waals surface area contributed by atoms with Crippen LogP contribution in [-0.4, -0.2) is 0 Å². The zero-order chi connectivity index (χ0) is 5.82. The number of rotatable bonds is 2. The highest BCUT2D eigenvalue weighted by Crippen LogP contribution is 2.11. The topological polar surface area (TPSA) is 0 Å². The Hall–Kier alpha value is -0.300. The summed E-state index contributed by atoms with van der Waals surface area (Å²) in [6, 6.07) is 4.21. The van der Waals surface area contributed by atoms with Gasteiger partial charge in [0.15, 0.2) is 0 Å². The lowest BCUT2D eigenvalue weighted by molar-refractivity contribution is 1.14. The summed E-state index contributed by atoms with van der Waals surface area (Å²) in [5.41, 5.74) is 0. The second-order valence-corrected chi connectivity index (χ2v) is 2.61. The van der Waals surface area contributed by atoms with Gasteiger partial charge in [0, 0.05) is 11.3 Å². The van der Waals surface area contributed by atoms with Crippen LogP contribution in [0, 0.1) is 6.42 Å². The van der Waals surface area contributed by atoms with Crippen LogP contribution in [0.25, 0.3) is 0 Å². The first kappa shape index (κ1) is 5.83. The van der Waals surface area contributed by atoms with Crippen LogP contribution < -0.4 is 0 Å². The van der Waals surface area contributed by atoms with E-state index < -0.39 is 0 Å². The normalized spacial score (nSPS) is 9.62. The highest BCUT2D eigenvalue weighted by atomic mass is 32.1. The Balaban J connectivity index is 2.50. The van der Waals surface area contributed by atoms with Gasteiger partial charge in [-0.15, -0.1) is 11.3 Å². The fourth-order valence-corrected chi connectivity index (χ4v) is 1.34. The highest BCUT2D eigenvalue weighted by molar-refractivity contribution is 7.10. The first-order valence-electron chi connectivity index (χ1n) is 2.80. The third kappa shape index (κ3) is 1.34. The minimum absolute atomic E-state index is 1.14. The van der Waals surface area contributed by atoms with Crippen molar-refractivity contribution in [1.29, 1.82) is 0 Å². The second-order valence-electron chi connectivity index (χ2n) is 1.63. The van der Waals surface area contributed by atoms with Gasteiger partial charge < -0.3 is 0 Å². The molecule has 0 aromatic carbocycles. The third-order valence-electron chi connectivity index (χ3n) is 0.948. The third-order valence-corrected chi connectivity index (χ3v) is 1.82. The van der Waals surface area contributed by atoms with E-state index in [1.807, 2.05) is 0 Å². The second kappa shape index (κ2) is 2.88. The molecule has 0 bridgehead atoms. The fraction of sp³-hybridized carbons (Fsp3) is 0.286. The molecule has 1 rings (SSSR count). The molecule has 0 aliphatic rings. The minimum atomic E-state index is 1.14. The van der Waals surface area contributed by atoms with Gasteiger partial charge in [0.1, 0.15) is 0 Å². The Morgan fingerprint density at radius 2 is 2.62 bits per heavy atom. The summed E-state index contributed by atoms with van der Waals surface area (Å²) in [6.07, 6.45) is 3.37. The Labute approximate surface area is 54.2 Å². The van der Waals surface area contributed by atoms with E-state index in [9.17, 15) is 0 Å². The lowest BCUT2D eigenvalue weighted by Gasteiger charge is -1.85. The van der Waals surface area contributed by atoms with Crippen molar-refractivity contribution >= 4 is 11.3 Å². The van der Waals surface area contributed by atoms with Crippen LogP contribution in [0.15, 0.2) is 17.5 Å². The van der Waals surface area contributed by atoms with Gasteiger partial charge >= 0.3 is 0 Å². The molecule has 0 amide bonds. The van der Waals surface area contributed by atoms with Gasteiger partial charge in [0.25, 0.3) is 0 Å². The number of hydrogen-bond donors (Lipinski definition) is 0. The van der Waals surface area contributed by atoms with E-state index in [2.05, 4.69) is 30.9 Å². The lowest BCUT2D eigenvalue weighted by atomic mass is 10.3. The van der Waals surface area contributed by atoms with Gasteiger partial charge in [-0.2, -0.15) is 0 Å². The maximum Gasteiger partial charge on any atom is 0.00824 e. The molecule has 1 heteroatoms. The molecule has 1 aromatic rings. The molecule has 0 spiro atoms. The molecular formula is C7H9S. The zero-order valence-electron chi connectivity index (χ0n) is 4.92. The van der Waals surface area contributed by atoms with E-state index in [-0.39, 0.29) is 0 Å². The van der Waals surface area contributed by atoms with Crippen LogP contribution in [0.1, 0.15) is 18.2 Å². The molecule has 0 fully saturated rings. The quantitative estimate of drug-likeness (QED) is 0.570. The van der Waals surface area contributed by atoms with E-state index in [0.29, 0.717) is 0 Å². The monoisotopic (exact) mass is 125 g/mol. The molecule has 8 heavy (non-hydrogen) atoms. The molecule has 0 N–H and O–H groups in total. The Kier molecular flexibility index (Phi) is 2.10. The van der Waals surface area contributed by atoms with Crippen LogP contribution in [0.5, 0.6) is 0 Å². The van der Waals surface area contributed by atoms with E-state index in [0.717, 1.165) is 6.42 Å². The van der Waals surface area contributed by atoms with E-state index >= 15 is 0 Å². The van der Waals surface area contributed by atoms with Crippen molar-refractivity contribution in [3.8, 4) is 0 Å². The van der Waals surface area contributed by atoms with E-state index in [4.69, 9.17) is 0 Å². The smallest absolute Gasteiger partial charge is 0.00824 e. The number of thiophene rings is 1. The van der Waals surface area contributed by atoms with Crippen LogP contribution in [0.4, 0.5) is 0 Å². The van der Waals surface area contributed by atoms with Crippen LogP contribution in [0.2, 0.25) is 0 Å². The van der Waals surface area contributed by atoms with Crippen molar-refractivity contribution in [2.75, 3.05) is 0 Å². The Morgan fingerprint density at radius 1 is 1.75 bits per heavy atom. The molecule has 1 radical (unpaired) electrons. The minimum Gasteiger partial charge on any atom is -0.149 e. The molecule has 0 saturated carbocycles. The van der Waals surface area contributed by atoms with Gasteiger partial charge in [-0.25, -0.2) is 0 Å². The maximum atomic E-state index is 2.23. The largest absolute Gasteiger partial charge is 0.149 e. The summed E-state index contributed by atoms with van der Waals surface area (Å²) in [4.78, 5) is 1.38. The summed E-state index contributed by atoms with van der Waals surface area (Å²) < 4.78 is 0. The van der Waals surface area contributed by atoms with Gasteiger partial charge in [0.2, 0.25) is 0 Å². The summed E-state index contributed by atoms with van der Waals surface area (Å²) in [6.45, 7) is 2.15. The average molecular weight is 125 g/mol. The van der Waals surface area contributed by atoms with Crippen molar-refractivity contribution in [3.05, 3.63) is 28.8 Å². The van der Waals surface area contributed by atoms with Crippen molar-refractivity contribution in [1.82, 2.24) is 0 Å². The molecule has 43 valence electrons. The van der Waals surface area contributed by atoms with Crippen molar-refractivity contribution < 1.29 is 0 Å². The molecule has 0 atom stereocenters. The molecule has 1 heterocycles. The summed E-state index contributed by atoms with van der Waals surface area (Å²) in [7, 11) is 0. The summed E-state index contributed by atoms with van der Waals surface area (Å²) >= 11 is 1.79. The summed E-state index contributed by atoms with van der Waals surface area (Å²) in [5.74, 6) is 0. The average Bonchev–Trinajstić information content (AvgIpc) is 2.19. The predicted octanol–water partition coefficient (Wildman–Crippen LogP) is 2.71. The predicted molar refractivity (Wildman–Crippen MR) is 38.0 cm³/mol. The highest BCUT2D eigenvalue weighted by Gasteiger charge is 1.87. The molecule has 1 aromatic heterocycles. The number of hydrogen-bond acceptors (Lipinski definition) is 1. The first-order valence-corrected chi connectivity index (χ1v) is 3.68. The molecule has 0 aliphatic heterocycles. The molecule has 0 nitrogen and oxygen atoms in total. The zero-order valence-corrected chi connectivity index (χ0v) is 5.74. The SMILES string of the molecule is CC[CH]c1cccs1. The molecule has 0 saturated heterocycles. The van der Waals surface area contributed by atoms with Crippen LogP contribution in [-0.2, 0) is 0 Å². The lowest BCUT2D eigenvalue weighted by Crippen LogP contribution is -1.67. The first-order chi connectivity index (χ1) is 3.93. The van der Waals surface area contributed by atoms with E-state index in [1.165, 1.54) is 4.88 Å². The van der Waals surface area contributed by atoms with Gasteiger partial charge in [0.05, 0.1) is 0 Å².